The van der Waals surface area contributed by atoms with Gasteiger partial charge in [0.1, 0.15) is 18.2 Å². The Morgan fingerprint density at radius 3 is 2.68 bits per heavy atom. The summed E-state index contributed by atoms with van der Waals surface area (Å²) in [5.41, 5.74) is 0.123. The van der Waals surface area contributed by atoms with Gasteiger partial charge < -0.3 is 9.84 Å². The van der Waals surface area contributed by atoms with Crippen molar-refractivity contribution in [3.8, 4) is 11.9 Å². The third kappa shape index (κ3) is 4.00. The highest BCUT2D eigenvalue weighted by atomic mass is 35.5. The molecule has 0 aliphatic heterocycles. The van der Waals surface area contributed by atoms with Crippen molar-refractivity contribution in [3.63, 3.8) is 0 Å². The zero-order valence-corrected chi connectivity index (χ0v) is 12.2. The Morgan fingerprint density at radius 2 is 2.11 bits per heavy atom. The van der Waals surface area contributed by atoms with Crippen LogP contribution in [0.5, 0.6) is 5.88 Å². The Hall–Kier alpha value is -1.48. The number of ether oxygens (including phenoxy) is 1. The van der Waals surface area contributed by atoms with Crippen molar-refractivity contribution in [1.29, 1.82) is 5.26 Å². The van der Waals surface area contributed by atoms with E-state index in [9.17, 15) is 5.11 Å². The quantitative estimate of drug-likeness (QED) is 0.943. The SMILES string of the molecule is CC(C)(O)COc1nn2ccccc2c1C#N.Cl.Cl. The number of hydrogen-bond donors (Lipinski definition) is 1. The Kier molecular flexibility index (Phi) is 6.10. The molecule has 2 aromatic rings. The highest BCUT2D eigenvalue weighted by Crippen LogP contribution is 2.22. The lowest BCUT2D eigenvalue weighted by Crippen LogP contribution is -2.28. The topological polar surface area (TPSA) is 70.6 Å². The van der Waals surface area contributed by atoms with Crippen molar-refractivity contribution in [2.24, 2.45) is 0 Å². The molecular weight excluding hydrogens is 289 g/mol. The van der Waals surface area contributed by atoms with Crippen molar-refractivity contribution < 1.29 is 9.84 Å². The number of rotatable bonds is 3. The van der Waals surface area contributed by atoms with Crippen LogP contribution in [0.25, 0.3) is 5.52 Å². The van der Waals surface area contributed by atoms with Crippen molar-refractivity contribution in [2.75, 3.05) is 6.61 Å². The minimum absolute atomic E-state index is 0. The molecule has 5 nitrogen and oxygen atoms in total. The maximum absolute atomic E-state index is 9.57. The predicted molar refractivity (Wildman–Crippen MR) is 76.2 cm³/mol. The molecule has 0 bridgehead atoms. The van der Waals surface area contributed by atoms with Crippen LogP contribution in [-0.2, 0) is 0 Å². The summed E-state index contributed by atoms with van der Waals surface area (Å²) in [4.78, 5) is 0. The first-order valence-electron chi connectivity index (χ1n) is 5.24. The van der Waals surface area contributed by atoms with Gasteiger partial charge in [0.05, 0.1) is 11.1 Å². The lowest BCUT2D eigenvalue weighted by molar-refractivity contribution is 0.0266. The number of hydrogen-bond acceptors (Lipinski definition) is 4. The van der Waals surface area contributed by atoms with Crippen LogP contribution in [0.1, 0.15) is 19.4 Å². The fraction of sp³-hybridized carbons (Fsp3) is 0.333. The summed E-state index contributed by atoms with van der Waals surface area (Å²) in [7, 11) is 0. The molecule has 0 spiro atoms. The Morgan fingerprint density at radius 1 is 1.42 bits per heavy atom. The highest BCUT2D eigenvalue weighted by molar-refractivity contribution is 5.85. The van der Waals surface area contributed by atoms with E-state index >= 15 is 0 Å². The van der Waals surface area contributed by atoms with Crippen LogP contribution in [0.15, 0.2) is 24.4 Å². The smallest absolute Gasteiger partial charge is 0.252 e. The second kappa shape index (κ2) is 6.62. The van der Waals surface area contributed by atoms with Gasteiger partial charge in [-0.25, -0.2) is 4.52 Å². The summed E-state index contributed by atoms with van der Waals surface area (Å²) in [6.45, 7) is 3.36. The van der Waals surface area contributed by atoms with E-state index in [2.05, 4.69) is 11.2 Å². The van der Waals surface area contributed by atoms with Crippen LogP contribution in [0.3, 0.4) is 0 Å². The molecule has 2 rings (SSSR count). The molecule has 0 saturated heterocycles. The van der Waals surface area contributed by atoms with Crippen molar-refractivity contribution in [2.45, 2.75) is 19.4 Å². The molecule has 2 heterocycles. The first-order valence-corrected chi connectivity index (χ1v) is 5.24. The van der Waals surface area contributed by atoms with Gasteiger partial charge in [0.15, 0.2) is 0 Å². The largest absolute Gasteiger partial charge is 0.473 e. The van der Waals surface area contributed by atoms with Gasteiger partial charge in [-0.3, -0.25) is 0 Å². The van der Waals surface area contributed by atoms with Crippen LogP contribution < -0.4 is 4.74 Å². The molecule has 0 unspecified atom stereocenters. The fourth-order valence-electron chi connectivity index (χ4n) is 1.43. The summed E-state index contributed by atoms with van der Waals surface area (Å²) in [6.07, 6.45) is 1.74. The molecule has 0 radical (unpaired) electrons. The number of aromatic nitrogens is 2. The zero-order valence-electron chi connectivity index (χ0n) is 10.5. The number of nitrogens with zero attached hydrogens (tertiary/aromatic N) is 3. The highest BCUT2D eigenvalue weighted by Gasteiger charge is 2.18. The van der Waals surface area contributed by atoms with Gasteiger partial charge in [-0.2, -0.15) is 5.26 Å². The number of pyridine rings is 1. The minimum Gasteiger partial charge on any atom is -0.473 e. The molecule has 0 saturated carbocycles. The van der Waals surface area contributed by atoms with Crippen LogP contribution in [0.2, 0.25) is 0 Å². The monoisotopic (exact) mass is 303 g/mol. The molecule has 104 valence electrons. The lowest BCUT2D eigenvalue weighted by Gasteiger charge is -2.16. The normalized spacial score (nSPS) is 10.2. The predicted octanol–water partition coefficient (Wildman–Crippen LogP) is 2.20. The maximum Gasteiger partial charge on any atom is 0.252 e. The van der Waals surface area contributed by atoms with Gasteiger partial charge in [-0.1, -0.05) is 6.07 Å². The van der Waals surface area contributed by atoms with Gasteiger partial charge in [-0.05, 0) is 26.0 Å². The molecule has 1 N–H and O–H groups in total. The van der Waals surface area contributed by atoms with E-state index in [1.807, 2.05) is 12.1 Å². The summed E-state index contributed by atoms with van der Waals surface area (Å²) in [6, 6.07) is 7.51. The molecule has 0 aromatic carbocycles. The van der Waals surface area contributed by atoms with E-state index in [1.54, 1.807) is 30.6 Å². The van der Waals surface area contributed by atoms with Gasteiger partial charge in [0.25, 0.3) is 5.88 Å². The van der Waals surface area contributed by atoms with E-state index in [1.165, 1.54) is 0 Å². The molecule has 0 atom stereocenters. The molecule has 19 heavy (non-hydrogen) atoms. The van der Waals surface area contributed by atoms with Gasteiger partial charge in [0.2, 0.25) is 0 Å². The maximum atomic E-state index is 9.57. The molecule has 0 aliphatic carbocycles. The van der Waals surface area contributed by atoms with Crippen LogP contribution in [0.4, 0.5) is 0 Å². The van der Waals surface area contributed by atoms with Crippen LogP contribution in [0, 0.1) is 11.3 Å². The third-order valence-electron chi connectivity index (χ3n) is 2.18. The molecule has 7 heteroatoms. The number of aliphatic hydroxyl groups is 1. The second-order valence-corrected chi connectivity index (χ2v) is 4.42. The first kappa shape index (κ1) is 17.5. The summed E-state index contributed by atoms with van der Waals surface area (Å²) >= 11 is 0. The molecule has 0 aliphatic rings. The van der Waals surface area contributed by atoms with Gasteiger partial charge >= 0.3 is 0 Å². The molecule has 2 aromatic heterocycles. The van der Waals surface area contributed by atoms with Gasteiger partial charge in [-0.15, -0.1) is 29.9 Å². The molecule has 0 amide bonds. The van der Waals surface area contributed by atoms with E-state index < -0.39 is 5.60 Å². The van der Waals surface area contributed by atoms with E-state index in [-0.39, 0.29) is 37.3 Å². The summed E-state index contributed by atoms with van der Waals surface area (Å²) in [5.74, 6) is 0.251. The second-order valence-electron chi connectivity index (χ2n) is 4.42. The van der Waals surface area contributed by atoms with E-state index in [4.69, 9.17) is 10.00 Å². The summed E-state index contributed by atoms with van der Waals surface area (Å²) < 4.78 is 6.95. The molecule has 0 fully saturated rings. The van der Waals surface area contributed by atoms with E-state index in [0.29, 0.717) is 11.1 Å². The van der Waals surface area contributed by atoms with Gasteiger partial charge in [0, 0.05) is 6.20 Å². The minimum atomic E-state index is -0.956. The Labute approximate surface area is 123 Å². The fourth-order valence-corrected chi connectivity index (χ4v) is 1.43. The number of halogens is 2. The average molecular weight is 304 g/mol. The van der Waals surface area contributed by atoms with Crippen molar-refractivity contribution in [3.05, 3.63) is 30.0 Å². The first-order chi connectivity index (χ1) is 8.01. The van der Waals surface area contributed by atoms with Crippen LogP contribution in [-0.4, -0.2) is 26.9 Å². The Bertz CT molecular complexity index is 585. The molecular formula is C12H15Cl2N3O2. The number of fused-ring (bicyclic) bond motifs is 1. The summed E-state index contributed by atoms with van der Waals surface area (Å²) in [5, 5.41) is 22.8. The van der Waals surface area contributed by atoms with Crippen molar-refractivity contribution >= 4 is 30.3 Å². The average Bonchev–Trinajstić information content (AvgIpc) is 2.63. The van der Waals surface area contributed by atoms with Crippen molar-refractivity contribution in [1.82, 2.24) is 9.61 Å². The zero-order chi connectivity index (χ0) is 12.5. The standard InChI is InChI=1S/C12H13N3O2.2ClH/c1-12(2,16)8-17-11-9(7-13)10-5-3-4-6-15(10)14-11;;/h3-6,16H,8H2,1-2H3;2*1H. The van der Waals surface area contributed by atoms with Crippen LogP contribution >= 0.6 is 24.8 Å². The Balaban J connectivity index is 0.00000162. The lowest BCUT2D eigenvalue weighted by atomic mass is 10.2. The third-order valence-corrected chi connectivity index (χ3v) is 2.18. The number of nitriles is 1. The van der Waals surface area contributed by atoms with E-state index in [0.717, 1.165) is 0 Å².